The second kappa shape index (κ2) is 9.20. The normalized spacial score (nSPS) is 10.9. The van der Waals surface area contributed by atoms with Gasteiger partial charge in [0.25, 0.3) is 0 Å². The first kappa shape index (κ1) is 19.6. The second-order valence-corrected chi connectivity index (χ2v) is 6.89. The Morgan fingerprint density at radius 1 is 0.964 bits per heavy atom. The molecule has 0 saturated carbocycles. The molecule has 0 unspecified atom stereocenters. The number of benzene rings is 3. The van der Waals surface area contributed by atoms with E-state index in [4.69, 9.17) is 4.74 Å². The van der Waals surface area contributed by atoms with Gasteiger partial charge in [-0.15, -0.1) is 0 Å². The van der Waals surface area contributed by atoms with Crippen molar-refractivity contribution in [3.8, 4) is 5.75 Å². The summed E-state index contributed by atoms with van der Waals surface area (Å²) in [5.74, 6) is 0.576. The average Bonchev–Trinajstić information content (AvgIpc) is 2.70. The summed E-state index contributed by atoms with van der Waals surface area (Å²) < 4.78 is 5.36. The summed E-state index contributed by atoms with van der Waals surface area (Å²) in [6.07, 6.45) is 0. The van der Waals surface area contributed by atoms with Crippen molar-refractivity contribution >= 4 is 11.6 Å². The van der Waals surface area contributed by atoms with E-state index in [2.05, 4.69) is 34.5 Å². The Labute approximate surface area is 166 Å². The summed E-state index contributed by atoms with van der Waals surface area (Å²) in [5.41, 5.74) is 4.06. The number of carbonyl (C=O) groups excluding carboxylic acids is 1. The van der Waals surface area contributed by atoms with Crippen molar-refractivity contribution in [1.82, 2.24) is 4.90 Å². The van der Waals surface area contributed by atoms with Crippen molar-refractivity contribution in [2.24, 2.45) is 0 Å². The van der Waals surface area contributed by atoms with E-state index in [9.17, 15) is 4.79 Å². The van der Waals surface area contributed by atoms with Crippen molar-refractivity contribution in [3.63, 3.8) is 0 Å². The fraction of sp³-hybridized carbons (Fsp3) is 0.208. The molecule has 3 aromatic carbocycles. The summed E-state index contributed by atoms with van der Waals surface area (Å²) in [7, 11) is 3.57. The molecule has 0 spiro atoms. The topological polar surface area (TPSA) is 41.6 Å². The van der Waals surface area contributed by atoms with Gasteiger partial charge in [0, 0.05) is 0 Å². The van der Waals surface area contributed by atoms with Crippen LogP contribution in [0.25, 0.3) is 0 Å². The minimum absolute atomic E-state index is 0.00689. The van der Waals surface area contributed by atoms with E-state index in [0.717, 1.165) is 16.7 Å². The van der Waals surface area contributed by atoms with E-state index in [-0.39, 0.29) is 18.5 Å². The highest BCUT2D eigenvalue weighted by Crippen LogP contribution is 2.28. The van der Waals surface area contributed by atoms with Crippen molar-refractivity contribution < 1.29 is 9.53 Å². The number of methoxy groups -OCH3 is 1. The molecule has 4 nitrogen and oxygen atoms in total. The Hall–Kier alpha value is -3.11. The number of ether oxygens (including phenoxy) is 1. The highest BCUT2D eigenvalue weighted by atomic mass is 16.5. The molecule has 0 fully saturated rings. The Morgan fingerprint density at radius 3 is 2.07 bits per heavy atom. The molecule has 0 aromatic heterocycles. The molecular weight excluding hydrogens is 348 g/mol. The fourth-order valence-corrected chi connectivity index (χ4v) is 3.40. The summed E-state index contributed by atoms with van der Waals surface area (Å²) in [6, 6.07) is 26.2. The zero-order valence-electron chi connectivity index (χ0n) is 16.6. The van der Waals surface area contributed by atoms with Crippen LogP contribution in [-0.4, -0.2) is 31.5 Å². The van der Waals surface area contributed by atoms with Crippen LogP contribution in [0.2, 0.25) is 0 Å². The first-order valence-corrected chi connectivity index (χ1v) is 9.33. The maximum atomic E-state index is 12.8. The second-order valence-electron chi connectivity index (χ2n) is 6.89. The van der Waals surface area contributed by atoms with Gasteiger partial charge in [0.1, 0.15) is 5.75 Å². The van der Waals surface area contributed by atoms with Gasteiger partial charge in [0.05, 0.1) is 25.4 Å². The van der Waals surface area contributed by atoms with Crippen LogP contribution in [-0.2, 0) is 4.79 Å². The van der Waals surface area contributed by atoms with Crippen molar-refractivity contribution in [2.75, 3.05) is 26.0 Å². The third-order valence-electron chi connectivity index (χ3n) is 4.69. The molecule has 144 valence electrons. The number of rotatable bonds is 7. The van der Waals surface area contributed by atoms with Gasteiger partial charge in [-0.25, -0.2) is 0 Å². The molecule has 0 aliphatic heterocycles. The molecule has 1 N–H and O–H groups in total. The molecule has 0 aliphatic carbocycles. The predicted octanol–water partition coefficient (Wildman–Crippen LogP) is 4.66. The zero-order chi connectivity index (χ0) is 19.9. The minimum Gasteiger partial charge on any atom is -0.495 e. The van der Waals surface area contributed by atoms with Gasteiger partial charge in [-0.1, -0.05) is 66.7 Å². The number of amides is 1. The molecule has 0 aliphatic rings. The quantitative estimate of drug-likeness (QED) is 0.654. The van der Waals surface area contributed by atoms with Gasteiger partial charge >= 0.3 is 0 Å². The van der Waals surface area contributed by atoms with Crippen LogP contribution in [0.5, 0.6) is 5.75 Å². The molecule has 0 bridgehead atoms. The Kier molecular flexibility index (Phi) is 6.45. The van der Waals surface area contributed by atoms with Gasteiger partial charge in [0.15, 0.2) is 0 Å². The lowest BCUT2D eigenvalue weighted by Crippen LogP contribution is -2.34. The molecular formula is C24H26N2O2. The first-order chi connectivity index (χ1) is 13.6. The average molecular weight is 374 g/mol. The van der Waals surface area contributed by atoms with Crippen molar-refractivity contribution in [3.05, 3.63) is 95.6 Å². The molecule has 3 aromatic rings. The van der Waals surface area contributed by atoms with E-state index in [1.807, 2.05) is 68.6 Å². The number of nitrogens with one attached hydrogen (secondary N) is 1. The number of carbonyl (C=O) groups is 1. The first-order valence-electron chi connectivity index (χ1n) is 9.33. The lowest BCUT2D eigenvalue weighted by Gasteiger charge is -2.28. The third-order valence-corrected chi connectivity index (χ3v) is 4.69. The molecule has 28 heavy (non-hydrogen) atoms. The van der Waals surface area contributed by atoms with Crippen LogP contribution in [0.15, 0.2) is 78.9 Å². The number of aryl methyl sites for hydroxylation is 1. The molecule has 3 rings (SSSR count). The van der Waals surface area contributed by atoms with Gasteiger partial charge < -0.3 is 10.1 Å². The van der Waals surface area contributed by atoms with Crippen molar-refractivity contribution in [1.29, 1.82) is 0 Å². The maximum absolute atomic E-state index is 12.8. The zero-order valence-corrected chi connectivity index (χ0v) is 16.6. The van der Waals surface area contributed by atoms with E-state index >= 15 is 0 Å². The highest BCUT2D eigenvalue weighted by Gasteiger charge is 2.21. The fourth-order valence-electron chi connectivity index (χ4n) is 3.40. The van der Waals surface area contributed by atoms with Gasteiger partial charge in [-0.2, -0.15) is 0 Å². The maximum Gasteiger partial charge on any atom is 0.238 e. The van der Waals surface area contributed by atoms with E-state index < -0.39 is 0 Å². The Morgan fingerprint density at radius 2 is 1.54 bits per heavy atom. The molecule has 4 heteroatoms. The van der Waals surface area contributed by atoms with E-state index in [1.54, 1.807) is 7.11 Å². The number of hydrogen-bond donors (Lipinski definition) is 1. The monoisotopic (exact) mass is 374 g/mol. The molecule has 0 heterocycles. The van der Waals surface area contributed by atoms with Gasteiger partial charge in [-0.3, -0.25) is 9.69 Å². The van der Waals surface area contributed by atoms with Crippen LogP contribution in [0.4, 0.5) is 5.69 Å². The Balaban J connectivity index is 1.80. The lowest BCUT2D eigenvalue weighted by molar-refractivity contribution is -0.117. The summed E-state index contributed by atoms with van der Waals surface area (Å²) in [6.45, 7) is 2.24. The van der Waals surface area contributed by atoms with Crippen LogP contribution in [0.1, 0.15) is 22.7 Å². The third kappa shape index (κ3) is 4.78. The van der Waals surface area contributed by atoms with E-state index in [1.165, 1.54) is 0 Å². The van der Waals surface area contributed by atoms with E-state index in [0.29, 0.717) is 11.4 Å². The minimum atomic E-state index is -0.0803. The van der Waals surface area contributed by atoms with Crippen LogP contribution >= 0.6 is 0 Å². The van der Waals surface area contributed by atoms with Crippen molar-refractivity contribution in [2.45, 2.75) is 13.0 Å². The number of hydrogen-bond acceptors (Lipinski definition) is 3. The lowest BCUT2D eigenvalue weighted by atomic mass is 9.97. The van der Waals surface area contributed by atoms with Crippen LogP contribution in [0.3, 0.4) is 0 Å². The largest absolute Gasteiger partial charge is 0.495 e. The number of anilines is 1. The number of nitrogens with zero attached hydrogens (tertiary/aromatic N) is 1. The summed E-state index contributed by atoms with van der Waals surface area (Å²) in [5, 5.41) is 2.99. The Bertz CT molecular complexity index is 871. The van der Waals surface area contributed by atoms with Gasteiger partial charge in [0.2, 0.25) is 5.91 Å². The molecule has 0 radical (unpaired) electrons. The number of likely N-dealkylation sites (N-methyl/N-ethyl adjacent to an activating group) is 1. The summed E-state index contributed by atoms with van der Waals surface area (Å²) in [4.78, 5) is 14.8. The smallest absolute Gasteiger partial charge is 0.238 e. The molecule has 1 amide bonds. The highest BCUT2D eigenvalue weighted by molar-refractivity contribution is 5.93. The standard InChI is InChI=1S/C24H26N2O2/c1-18-14-15-22(28-3)21(16-18)25-23(27)17-26(2)24(19-10-6-4-7-11-19)20-12-8-5-9-13-20/h4-16,24H,17H2,1-3H3,(H,25,27). The molecule has 0 atom stereocenters. The predicted molar refractivity (Wildman–Crippen MR) is 114 cm³/mol. The molecule has 0 saturated heterocycles. The summed E-state index contributed by atoms with van der Waals surface area (Å²) >= 11 is 0. The van der Waals surface area contributed by atoms with Crippen LogP contribution < -0.4 is 10.1 Å². The van der Waals surface area contributed by atoms with Gasteiger partial charge in [-0.05, 0) is 42.8 Å². The SMILES string of the molecule is COc1ccc(C)cc1NC(=O)CN(C)C(c1ccccc1)c1ccccc1. The van der Waals surface area contributed by atoms with Crippen LogP contribution in [0, 0.1) is 6.92 Å².